The maximum absolute atomic E-state index is 11.9. The van der Waals surface area contributed by atoms with Gasteiger partial charge in [0.05, 0.1) is 19.8 Å². The van der Waals surface area contributed by atoms with E-state index in [9.17, 15) is 4.79 Å². The van der Waals surface area contributed by atoms with Gasteiger partial charge in [-0.25, -0.2) is 4.79 Å². The highest BCUT2D eigenvalue weighted by atomic mass is 16.5. The van der Waals surface area contributed by atoms with Gasteiger partial charge < -0.3 is 25.2 Å². The molecule has 0 saturated heterocycles. The minimum atomic E-state index is -0.354. The van der Waals surface area contributed by atoms with E-state index < -0.39 is 0 Å². The van der Waals surface area contributed by atoms with Crippen molar-refractivity contribution in [1.82, 2.24) is 4.90 Å². The van der Waals surface area contributed by atoms with Crippen molar-refractivity contribution >= 4 is 11.7 Å². The molecule has 19 heavy (non-hydrogen) atoms. The maximum Gasteiger partial charge on any atom is 0.321 e. The van der Waals surface area contributed by atoms with Gasteiger partial charge in [-0.05, 0) is 31.2 Å². The number of hydrogen-bond acceptors (Lipinski definition) is 4. The van der Waals surface area contributed by atoms with Crippen LogP contribution in [-0.2, 0) is 0 Å². The topological polar surface area (TPSA) is 82.0 Å². The molecule has 6 heteroatoms. The molecule has 1 aromatic carbocycles. The van der Waals surface area contributed by atoms with Crippen LogP contribution in [0.5, 0.6) is 5.75 Å². The Morgan fingerprint density at radius 3 is 2.26 bits per heavy atom. The van der Waals surface area contributed by atoms with Crippen molar-refractivity contribution in [2.75, 3.05) is 38.2 Å². The number of anilines is 1. The summed E-state index contributed by atoms with van der Waals surface area (Å²) in [4.78, 5) is 13.2. The van der Waals surface area contributed by atoms with Crippen LogP contribution in [0, 0.1) is 0 Å². The number of nitrogens with zero attached hydrogens (tertiary/aromatic N) is 1. The molecule has 0 aromatic heterocycles. The maximum atomic E-state index is 11.9. The number of rotatable bonds is 7. The molecule has 0 aliphatic heterocycles. The number of aliphatic hydroxyl groups is 2. The predicted octanol–water partition coefficient (Wildman–Crippen LogP) is 0.904. The monoisotopic (exact) mass is 268 g/mol. The Hall–Kier alpha value is -1.79. The van der Waals surface area contributed by atoms with Crippen LogP contribution in [0.4, 0.5) is 10.5 Å². The molecule has 106 valence electrons. The van der Waals surface area contributed by atoms with Crippen LogP contribution in [-0.4, -0.2) is 54.1 Å². The molecule has 1 aromatic rings. The second-order valence-corrected chi connectivity index (χ2v) is 3.82. The Kier molecular flexibility index (Phi) is 6.70. The number of aliphatic hydroxyl groups excluding tert-OH is 2. The summed E-state index contributed by atoms with van der Waals surface area (Å²) in [5.74, 6) is 0.739. The van der Waals surface area contributed by atoms with Crippen LogP contribution in [0.2, 0.25) is 0 Å². The number of urea groups is 1. The summed E-state index contributed by atoms with van der Waals surface area (Å²) in [6.45, 7) is 2.57. The molecule has 0 bridgehead atoms. The van der Waals surface area contributed by atoms with Crippen molar-refractivity contribution in [2.24, 2.45) is 0 Å². The predicted molar refractivity (Wildman–Crippen MR) is 72.4 cm³/mol. The van der Waals surface area contributed by atoms with Crippen molar-refractivity contribution in [3.05, 3.63) is 24.3 Å². The summed E-state index contributed by atoms with van der Waals surface area (Å²) < 4.78 is 5.30. The lowest BCUT2D eigenvalue weighted by molar-refractivity contribution is 0.167. The van der Waals surface area contributed by atoms with Crippen molar-refractivity contribution in [1.29, 1.82) is 0 Å². The van der Waals surface area contributed by atoms with Crippen molar-refractivity contribution < 1.29 is 19.7 Å². The first-order valence-corrected chi connectivity index (χ1v) is 6.21. The van der Waals surface area contributed by atoms with E-state index >= 15 is 0 Å². The zero-order valence-corrected chi connectivity index (χ0v) is 11.0. The summed E-state index contributed by atoms with van der Waals surface area (Å²) in [7, 11) is 0. The molecule has 3 N–H and O–H groups in total. The molecule has 0 fully saturated rings. The highest BCUT2D eigenvalue weighted by molar-refractivity contribution is 5.89. The number of ether oxygens (including phenoxy) is 1. The molecule has 0 radical (unpaired) electrons. The SMILES string of the molecule is CCOc1ccc(NC(=O)N(CCO)CCO)cc1. The first kappa shape index (κ1) is 15.3. The van der Waals surface area contributed by atoms with Gasteiger partial charge in [-0.15, -0.1) is 0 Å². The number of amides is 2. The Morgan fingerprint density at radius 1 is 1.21 bits per heavy atom. The van der Waals surface area contributed by atoms with Gasteiger partial charge in [0, 0.05) is 18.8 Å². The van der Waals surface area contributed by atoms with Gasteiger partial charge in [-0.2, -0.15) is 0 Å². The third-order valence-electron chi connectivity index (χ3n) is 2.44. The van der Waals surface area contributed by atoms with Gasteiger partial charge in [-0.3, -0.25) is 0 Å². The van der Waals surface area contributed by atoms with Crippen LogP contribution in [0.15, 0.2) is 24.3 Å². The smallest absolute Gasteiger partial charge is 0.321 e. The summed E-state index contributed by atoms with van der Waals surface area (Å²) in [6, 6.07) is 6.65. The molecule has 1 rings (SSSR count). The minimum absolute atomic E-state index is 0.142. The van der Waals surface area contributed by atoms with E-state index in [1.54, 1.807) is 24.3 Å². The van der Waals surface area contributed by atoms with Crippen LogP contribution in [0.1, 0.15) is 6.92 Å². The average molecular weight is 268 g/mol. The van der Waals surface area contributed by atoms with Gasteiger partial charge in [0.15, 0.2) is 0 Å². The molecule has 0 saturated carbocycles. The number of carbonyl (C=O) groups is 1. The van der Waals surface area contributed by atoms with E-state index in [0.717, 1.165) is 5.75 Å². The quantitative estimate of drug-likeness (QED) is 0.686. The Balaban J connectivity index is 2.58. The molecular formula is C13H20N2O4. The first-order chi connectivity index (χ1) is 9.21. The Morgan fingerprint density at radius 2 is 1.79 bits per heavy atom. The van der Waals surface area contributed by atoms with Gasteiger partial charge >= 0.3 is 6.03 Å². The zero-order valence-electron chi connectivity index (χ0n) is 11.0. The highest BCUT2D eigenvalue weighted by Crippen LogP contribution is 2.15. The molecular weight excluding hydrogens is 248 g/mol. The van der Waals surface area contributed by atoms with Crippen molar-refractivity contribution in [3.8, 4) is 5.75 Å². The van der Waals surface area contributed by atoms with E-state index in [4.69, 9.17) is 14.9 Å². The highest BCUT2D eigenvalue weighted by Gasteiger charge is 2.12. The molecule has 6 nitrogen and oxygen atoms in total. The van der Waals surface area contributed by atoms with Crippen LogP contribution in [0.3, 0.4) is 0 Å². The second kappa shape index (κ2) is 8.34. The Labute approximate surface area is 112 Å². The number of carbonyl (C=O) groups excluding carboxylic acids is 1. The lowest BCUT2D eigenvalue weighted by atomic mass is 10.3. The number of nitrogens with one attached hydrogen (secondary N) is 1. The van der Waals surface area contributed by atoms with E-state index in [1.807, 2.05) is 6.92 Å². The minimum Gasteiger partial charge on any atom is -0.494 e. The van der Waals surface area contributed by atoms with E-state index in [-0.39, 0.29) is 32.3 Å². The standard InChI is InChI=1S/C13H20N2O4/c1-2-19-12-5-3-11(4-6-12)14-13(18)15(7-9-16)8-10-17/h3-6,16-17H,2,7-10H2,1H3,(H,14,18). The molecule has 0 aliphatic carbocycles. The van der Waals surface area contributed by atoms with E-state index in [0.29, 0.717) is 12.3 Å². The molecule has 0 heterocycles. The molecule has 2 amide bonds. The summed E-state index contributed by atoms with van der Waals surface area (Å²) in [5, 5.41) is 20.4. The fourth-order valence-electron chi connectivity index (χ4n) is 1.56. The Bertz CT molecular complexity index is 375. The zero-order chi connectivity index (χ0) is 14.1. The lowest BCUT2D eigenvalue weighted by Crippen LogP contribution is -2.38. The summed E-state index contributed by atoms with van der Waals surface area (Å²) in [5.41, 5.74) is 0.634. The largest absolute Gasteiger partial charge is 0.494 e. The molecule has 0 unspecified atom stereocenters. The van der Waals surface area contributed by atoms with Gasteiger partial charge in [-0.1, -0.05) is 0 Å². The molecule has 0 atom stereocenters. The van der Waals surface area contributed by atoms with Crippen molar-refractivity contribution in [2.45, 2.75) is 6.92 Å². The third kappa shape index (κ3) is 5.15. The summed E-state index contributed by atoms with van der Waals surface area (Å²) in [6.07, 6.45) is 0. The van der Waals surface area contributed by atoms with Gasteiger partial charge in [0.1, 0.15) is 5.75 Å². The van der Waals surface area contributed by atoms with Crippen molar-refractivity contribution in [3.63, 3.8) is 0 Å². The fraction of sp³-hybridized carbons (Fsp3) is 0.462. The van der Waals surface area contributed by atoms with E-state index in [2.05, 4.69) is 5.32 Å². The lowest BCUT2D eigenvalue weighted by Gasteiger charge is -2.21. The van der Waals surface area contributed by atoms with Gasteiger partial charge in [0.2, 0.25) is 0 Å². The summed E-state index contributed by atoms with van der Waals surface area (Å²) >= 11 is 0. The van der Waals surface area contributed by atoms with Gasteiger partial charge in [0.25, 0.3) is 0 Å². The van der Waals surface area contributed by atoms with Crippen LogP contribution < -0.4 is 10.1 Å². The number of hydrogen-bond donors (Lipinski definition) is 3. The molecule has 0 spiro atoms. The van der Waals surface area contributed by atoms with E-state index in [1.165, 1.54) is 4.90 Å². The van der Waals surface area contributed by atoms with Crippen LogP contribution >= 0.6 is 0 Å². The average Bonchev–Trinajstić information content (AvgIpc) is 2.41. The normalized spacial score (nSPS) is 10.1. The molecule has 0 aliphatic rings. The second-order valence-electron chi connectivity index (χ2n) is 3.82. The third-order valence-corrected chi connectivity index (χ3v) is 2.44. The van der Waals surface area contributed by atoms with Crippen LogP contribution in [0.25, 0.3) is 0 Å². The fourth-order valence-corrected chi connectivity index (χ4v) is 1.56. The number of benzene rings is 1. The first-order valence-electron chi connectivity index (χ1n) is 6.21.